The van der Waals surface area contributed by atoms with E-state index in [0.29, 0.717) is 12.2 Å². The van der Waals surface area contributed by atoms with Crippen LogP contribution in [0.2, 0.25) is 0 Å². The molecule has 0 bridgehead atoms. The Bertz CT molecular complexity index is 385. The molecule has 94 valence electrons. The van der Waals surface area contributed by atoms with E-state index in [1.54, 1.807) is 24.0 Å². The summed E-state index contributed by atoms with van der Waals surface area (Å²) in [6.07, 6.45) is 4.54. The van der Waals surface area contributed by atoms with Crippen LogP contribution >= 0.6 is 0 Å². The molecule has 1 rings (SSSR count). The smallest absolute Gasteiger partial charge is 0.306 e. The molecule has 17 heavy (non-hydrogen) atoms. The van der Waals surface area contributed by atoms with Gasteiger partial charge in [-0.05, 0) is 13.3 Å². The highest BCUT2D eigenvalue weighted by molar-refractivity contribution is 5.97. The summed E-state index contributed by atoms with van der Waals surface area (Å²) in [5.74, 6) is -0.401. The second-order valence-corrected chi connectivity index (χ2v) is 3.72. The lowest BCUT2D eigenvalue weighted by atomic mass is 10.1. The third-order valence-electron chi connectivity index (χ3n) is 2.27. The molecule has 5 heteroatoms. The highest BCUT2D eigenvalue weighted by Gasteiger charge is 2.11. The molecule has 0 aliphatic heterocycles. The van der Waals surface area contributed by atoms with Gasteiger partial charge in [0.15, 0.2) is 5.78 Å². The number of rotatable bonds is 7. The maximum atomic E-state index is 11.7. The molecular formula is C12H18N2O3. The van der Waals surface area contributed by atoms with Gasteiger partial charge in [-0.25, -0.2) is 0 Å². The molecular weight excluding hydrogens is 220 g/mol. The summed E-state index contributed by atoms with van der Waals surface area (Å²) in [4.78, 5) is 22.8. The molecule has 1 aromatic heterocycles. The number of carbonyl (C=O) groups is 2. The lowest BCUT2D eigenvalue weighted by Gasteiger charge is -2.00. The van der Waals surface area contributed by atoms with E-state index in [4.69, 9.17) is 4.74 Å². The van der Waals surface area contributed by atoms with E-state index in [1.165, 1.54) is 0 Å². The lowest BCUT2D eigenvalue weighted by Crippen LogP contribution is -2.07. The highest BCUT2D eigenvalue weighted by Crippen LogP contribution is 2.05. The van der Waals surface area contributed by atoms with Gasteiger partial charge in [0, 0.05) is 19.2 Å². The van der Waals surface area contributed by atoms with E-state index in [9.17, 15) is 9.59 Å². The van der Waals surface area contributed by atoms with E-state index in [2.05, 4.69) is 5.10 Å². The topological polar surface area (TPSA) is 61.2 Å². The quantitative estimate of drug-likeness (QED) is 0.537. The van der Waals surface area contributed by atoms with Gasteiger partial charge in [-0.1, -0.05) is 6.92 Å². The first-order chi connectivity index (χ1) is 8.17. The molecule has 0 spiro atoms. The zero-order valence-corrected chi connectivity index (χ0v) is 10.3. The van der Waals surface area contributed by atoms with Crippen LogP contribution in [0.25, 0.3) is 0 Å². The minimum Gasteiger partial charge on any atom is -0.466 e. The van der Waals surface area contributed by atoms with Gasteiger partial charge in [0.05, 0.1) is 24.8 Å². The number of nitrogens with zero attached hydrogens (tertiary/aromatic N) is 2. The fraction of sp³-hybridized carbons (Fsp3) is 0.583. The van der Waals surface area contributed by atoms with Crippen LogP contribution < -0.4 is 0 Å². The summed E-state index contributed by atoms with van der Waals surface area (Å²) in [6.45, 7) is 4.94. The Kier molecular flexibility index (Phi) is 5.39. The Morgan fingerprint density at radius 1 is 1.35 bits per heavy atom. The average Bonchev–Trinajstić information content (AvgIpc) is 2.75. The van der Waals surface area contributed by atoms with Crippen LogP contribution in [-0.4, -0.2) is 28.1 Å². The van der Waals surface area contributed by atoms with Crippen molar-refractivity contribution in [2.45, 2.75) is 39.7 Å². The van der Waals surface area contributed by atoms with Crippen LogP contribution in [0.3, 0.4) is 0 Å². The minimum absolute atomic E-state index is 0.0691. The first kappa shape index (κ1) is 13.4. The molecule has 0 aromatic carbocycles. The number of esters is 1. The van der Waals surface area contributed by atoms with Gasteiger partial charge in [0.1, 0.15) is 0 Å². The van der Waals surface area contributed by atoms with Gasteiger partial charge >= 0.3 is 5.97 Å². The van der Waals surface area contributed by atoms with Crippen LogP contribution in [-0.2, 0) is 16.1 Å². The second-order valence-electron chi connectivity index (χ2n) is 3.72. The normalized spacial score (nSPS) is 10.2. The Balaban J connectivity index is 2.43. The summed E-state index contributed by atoms with van der Waals surface area (Å²) in [5, 5.41) is 4.07. The Labute approximate surface area is 101 Å². The molecule has 0 saturated heterocycles. The summed E-state index contributed by atoms with van der Waals surface area (Å²) in [7, 11) is 0. The van der Waals surface area contributed by atoms with E-state index < -0.39 is 0 Å². The maximum Gasteiger partial charge on any atom is 0.306 e. The first-order valence-corrected chi connectivity index (χ1v) is 5.88. The van der Waals surface area contributed by atoms with E-state index >= 15 is 0 Å². The van der Waals surface area contributed by atoms with Crippen molar-refractivity contribution >= 4 is 11.8 Å². The predicted molar refractivity (Wildman–Crippen MR) is 62.7 cm³/mol. The van der Waals surface area contributed by atoms with Crippen molar-refractivity contribution in [3.05, 3.63) is 18.0 Å². The monoisotopic (exact) mass is 238 g/mol. The zero-order valence-electron chi connectivity index (χ0n) is 10.3. The van der Waals surface area contributed by atoms with Crippen molar-refractivity contribution in [1.82, 2.24) is 9.78 Å². The Hall–Kier alpha value is -1.65. The second kappa shape index (κ2) is 6.83. The van der Waals surface area contributed by atoms with Gasteiger partial charge in [0.2, 0.25) is 0 Å². The number of Topliss-reactive ketones (excluding diaryl/α,β-unsaturated/α-hetero) is 1. The summed E-state index contributed by atoms with van der Waals surface area (Å²) in [6, 6.07) is 0. The molecule has 5 nitrogen and oxygen atoms in total. The summed E-state index contributed by atoms with van der Waals surface area (Å²) >= 11 is 0. The SMILES string of the molecule is CCCn1cc(C(=O)CCC(=O)OCC)cn1. The largest absolute Gasteiger partial charge is 0.466 e. The van der Waals surface area contributed by atoms with Gasteiger partial charge in [-0.2, -0.15) is 5.10 Å². The lowest BCUT2D eigenvalue weighted by molar-refractivity contribution is -0.143. The van der Waals surface area contributed by atoms with Crippen molar-refractivity contribution in [2.24, 2.45) is 0 Å². The molecule has 0 saturated carbocycles. The molecule has 0 aliphatic rings. The van der Waals surface area contributed by atoms with Crippen molar-refractivity contribution in [2.75, 3.05) is 6.61 Å². The molecule has 0 atom stereocenters. The molecule has 0 radical (unpaired) electrons. The average molecular weight is 238 g/mol. The molecule has 1 aromatic rings. The number of ketones is 1. The number of aromatic nitrogens is 2. The van der Waals surface area contributed by atoms with Crippen LogP contribution in [0.4, 0.5) is 0 Å². The van der Waals surface area contributed by atoms with E-state index in [-0.39, 0.29) is 24.6 Å². The van der Waals surface area contributed by atoms with Crippen LogP contribution in [0.5, 0.6) is 0 Å². The summed E-state index contributed by atoms with van der Waals surface area (Å²) in [5.41, 5.74) is 0.558. The number of ether oxygens (including phenoxy) is 1. The Morgan fingerprint density at radius 2 is 2.12 bits per heavy atom. The minimum atomic E-state index is -0.332. The van der Waals surface area contributed by atoms with Crippen LogP contribution in [0.15, 0.2) is 12.4 Å². The maximum absolute atomic E-state index is 11.7. The number of hydrogen-bond acceptors (Lipinski definition) is 4. The number of carbonyl (C=O) groups excluding carboxylic acids is 2. The third-order valence-corrected chi connectivity index (χ3v) is 2.27. The molecule has 1 heterocycles. The first-order valence-electron chi connectivity index (χ1n) is 5.88. The van der Waals surface area contributed by atoms with Gasteiger partial charge in [0.25, 0.3) is 0 Å². The molecule has 0 amide bonds. The highest BCUT2D eigenvalue weighted by atomic mass is 16.5. The van der Waals surface area contributed by atoms with Gasteiger partial charge in [-0.15, -0.1) is 0 Å². The number of aryl methyl sites for hydroxylation is 1. The molecule has 0 N–H and O–H groups in total. The van der Waals surface area contributed by atoms with Gasteiger partial charge < -0.3 is 4.74 Å². The van der Waals surface area contributed by atoms with Gasteiger partial charge in [-0.3, -0.25) is 14.3 Å². The zero-order chi connectivity index (χ0) is 12.7. The van der Waals surface area contributed by atoms with Crippen molar-refractivity contribution < 1.29 is 14.3 Å². The van der Waals surface area contributed by atoms with Crippen LogP contribution in [0, 0.1) is 0 Å². The fourth-order valence-corrected chi connectivity index (χ4v) is 1.45. The summed E-state index contributed by atoms with van der Waals surface area (Å²) < 4.78 is 6.49. The van der Waals surface area contributed by atoms with E-state index in [0.717, 1.165) is 13.0 Å². The Morgan fingerprint density at radius 3 is 2.76 bits per heavy atom. The fourth-order valence-electron chi connectivity index (χ4n) is 1.45. The molecule has 0 unspecified atom stereocenters. The standard InChI is InChI=1S/C12H18N2O3/c1-3-7-14-9-10(8-13-14)11(15)5-6-12(16)17-4-2/h8-9H,3-7H2,1-2H3. The van der Waals surface area contributed by atoms with Crippen LogP contribution in [0.1, 0.15) is 43.5 Å². The van der Waals surface area contributed by atoms with Crippen molar-refractivity contribution in [1.29, 1.82) is 0 Å². The number of hydrogen-bond donors (Lipinski definition) is 0. The predicted octanol–water partition coefficient (Wildman–Crippen LogP) is 1.82. The third kappa shape index (κ3) is 4.38. The van der Waals surface area contributed by atoms with E-state index in [1.807, 2.05) is 6.92 Å². The molecule has 0 aliphatic carbocycles. The molecule has 0 fully saturated rings. The van der Waals surface area contributed by atoms with Crippen molar-refractivity contribution in [3.8, 4) is 0 Å². The van der Waals surface area contributed by atoms with Crippen molar-refractivity contribution in [3.63, 3.8) is 0 Å².